The molecule has 3 saturated heterocycles. The van der Waals surface area contributed by atoms with Crippen LogP contribution in [0.4, 0.5) is 0 Å². The molecule has 2 N–H and O–H groups in total. The first-order valence-electron chi connectivity index (χ1n) is 11.1. The first-order valence-corrected chi connectivity index (χ1v) is 11.1. The van der Waals surface area contributed by atoms with E-state index in [1.54, 1.807) is 5.57 Å². The topological polar surface area (TPSA) is 43.4 Å². The summed E-state index contributed by atoms with van der Waals surface area (Å²) in [5, 5.41) is 2.62. The number of aryl methyl sites for hydroxylation is 1. The average Bonchev–Trinajstić information content (AvgIpc) is 3.08. The van der Waals surface area contributed by atoms with E-state index < -0.39 is 0 Å². The molecule has 2 bridgehead atoms. The van der Waals surface area contributed by atoms with Crippen LogP contribution in [0.5, 0.6) is 5.75 Å². The predicted octanol–water partition coefficient (Wildman–Crippen LogP) is 4.56. The van der Waals surface area contributed by atoms with E-state index >= 15 is 0 Å². The zero-order valence-corrected chi connectivity index (χ0v) is 17.1. The van der Waals surface area contributed by atoms with E-state index in [-0.39, 0.29) is 0 Å². The lowest BCUT2D eigenvalue weighted by Crippen LogP contribution is -2.43. The average molecular weight is 390 g/mol. The van der Waals surface area contributed by atoms with Gasteiger partial charge in [0.1, 0.15) is 12.4 Å². The molecule has 3 aliphatic heterocycles. The molecule has 4 nitrogen and oxygen atoms in total. The molecule has 2 aromatic carbocycles. The van der Waals surface area contributed by atoms with Crippen LogP contribution in [0.3, 0.4) is 0 Å². The van der Waals surface area contributed by atoms with Gasteiger partial charge in [-0.15, -0.1) is 0 Å². The molecule has 0 radical (unpaired) electrons. The van der Waals surface area contributed by atoms with Crippen molar-refractivity contribution in [2.45, 2.75) is 32.2 Å². The molecular formula is C25H31N3O. The Morgan fingerprint density at radius 2 is 1.83 bits per heavy atom. The Balaban J connectivity index is 1.39. The fourth-order valence-corrected chi connectivity index (χ4v) is 5.10. The van der Waals surface area contributed by atoms with Gasteiger partial charge in [-0.3, -0.25) is 4.90 Å². The van der Waals surface area contributed by atoms with E-state index in [1.165, 1.54) is 47.7 Å². The minimum atomic E-state index is 0.665. The van der Waals surface area contributed by atoms with Gasteiger partial charge in [-0.1, -0.05) is 23.8 Å². The third-order valence-electron chi connectivity index (χ3n) is 6.69. The zero-order chi connectivity index (χ0) is 19.6. The van der Waals surface area contributed by atoms with Crippen molar-refractivity contribution in [1.29, 1.82) is 0 Å². The summed E-state index contributed by atoms with van der Waals surface area (Å²) in [6.07, 6.45) is 7.12. The molecule has 0 atom stereocenters. The van der Waals surface area contributed by atoms with Crippen LogP contribution in [0.2, 0.25) is 0 Å². The van der Waals surface area contributed by atoms with Crippen molar-refractivity contribution >= 4 is 21.8 Å². The zero-order valence-electron chi connectivity index (χ0n) is 17.1. The second kappa shape index (κ2) is 8.21. The number of aromatic nitrogens is 1. The maximum Gasteiger partial charge on any atom is 0.121 e. The number of nitrogens with zero attached hydrogens (tertiary/aromatic N) is 2. The van der Waals surface area contributed by atoms with Gasteiger partial charge in [0.15, 0.2) is 0 Å². The summed E-state index contributed by atoms with van der Waals surface area (Å²) in [5.74, 6) is 1.75. The number of nitrogens with two attached hydrogens (primary N) is 1. The molecule has 4 heterocycles. The van der Waals surface area contributed by atoms with Gasteiger partial charge < -0.3 is 15.0 Å². The van der Waals surface area contributed by atoms with Gasteiger partial charge in [0.05, 0.1) is 5.52 Å². The summed E-state index contributed by atoms with van der Waals surface area (Å²) in [6, 6.07) is 15.2. The van der Waals surface area contributed by atoms with E-state index in [1.807, 2.05) is 0 Å². The number of hydrogen-bond acceptors (Lipinski definition) is 3. The van der Waals surface area contributed by atoms with Crippen LogP contribution in [0, 0.1) is 5.92 Å². The summed E-state index contributed by atoms with van der Waals surface area (Å²) in [7, 11) is 0. The maximum absolute atomic E-state index is 6.17. The minimum Gasteiger partial charge on any atom is -0.489 e. The van der Waals surface area contributed by atoms with Gasteiger partial charge in [-0.05, 0) is 75.5 Å². The number of ether oxygens (including phenoxy) is 1. The third-order valence-corrected chi connectivity index (χ3v) is 6.69. The van der Waals surface area contributed by atoms with Crippen LogP contribution >= 0.6 is 0 Å². The van der Waals surface area contributed by atoms with E-state index in [0.29, 0.717) is 6.61 Å². The van der Waals surface area contributed by atoms with Crippen LogP contribution in [0.25, 0.3) is 21.8 Å². The maximum atomic E-state index is 6.17. The predicted molar refractivity (Wildman–Crippen MR) is 120 cm³/mol. The second-order valence-electron chi connectivity index (χ2n) is 8.48. The second-order valence-corrected chi connectivity index (χ2v) is 8.48. The molecule has 0 unspecified atom stereocenters. The monoisotopic (exact) mass is 389 g/mol. The first kappa shape index (κ1) is 18.7. The lowest BCUT2D eigenvalue weighted by molar-refractivity contribution is 0.160. The lowest BCUT2D eigenvalue weighted by atomic mass is 9.84. The Morgan fingerprint density at radius 1 is 1.00 bits per heavy atom. The van der Waals surface area contributed by atoms with Gasteiger partial charge in [0.25, 0.3) is 0 Å². The van der Waals surface area contributed by atoms with Crippen molar-refractivity contribution in [3.8, 4) is 5.75 Å². The third kappa shape index (κ3) is 3.67. The van der Waals surface area contributed by atoms with Crippen LogP contribution in [0.1, 0.15) is 25.7 Å². The summed E-state index contributed by atoms with van der Waals surface area (Å²) in [4.78, 5) is 2.57. The highest BCUT2D eigenvalue weighted by Gasteiger charge is 2.28. The van der Waals surface area contributed by atoms with Gasteiger partial charge in [0.2, 0.25) is 0 Å². The van der Waals surface area contributed by atoms with Crippen molar-refractivity contribution in [3.63, 3.8) is 0 Å². The molecule has 152 valence electrons. The van der Waals surface area contributed by atoms with E-state index in [2.05, 4.69) is 58.0 Å². The Labute approximate surface area is 172 Å². The Hall–Kier alpha value is -2.30. The molecule has 0 spiro atoms. The number of fused-ring (bicyclic) bond motifs is 6. The molecule has 3 fully saturated rings. The SMILES string of the molecule is NCCCCn1c2ccccc2c2ccc(OC/C=C3/CN4CCC3CC4)cc21. The molecule has 6 rings (SSSR count). The highest BCUT2D eigenvalue weighted by atomic mass is 16.5. The standard InChI is InChI=1S/C25H31N3O/c26-12-3-4-13-28-24-6-2-1-5-22(24)23-8-7-21(17-25(23)28)29-16-11-20-18-27-14-9-19(20)10-15-27/h1-2,5-8,11,17,19H,3-4,9-10,12-16,18,26H2/b20-11-. The van der Waals surface area contributed by atoms with Gasteiger partial charge >= 0.3 is 0 Å². The Kier molecular flexibility index (Phi) is 5.30. The Bertz CT molecular complexity index is 1030. The van der Waals surface area contributed by atoms with Crippen molar-refractivity contribution in [1.82, 2.24) is 9.47 Å². The smallest absolute Gasteiger partial charge is 0.121 e. The normalized spacial score (nSPS) is 22.7. The highest BCUT2D eigenvalue weighted by Crippen LogP contribution is 2.33. The van der Waals surface area contributed by atoms with Crippen molar-refractivity contribution in [2.75, 3.05) is 32.8 Å². The van der Waals surface area contributed by atoms with Crippen LogP contribution in [0.15, 0.2) is 54.1 Å². The van der Waals surface area contributed by atoms with E-state index in [4.69, 9.17) is 10.5 Å². The largest absolute Gasteiger partial charge is 0.489 e. The molecule has 3 aliphatic rings. The summed E-state index contributed by atoms with van der Waals surface area (Å²) in [5.41, 5.74) is 9.86. The summed E-state index contributed by atoms with van der Waals surface area (Å²) < 4.78 is 8.60. The number of benzene rings is 2. The molecule has 0 saturated carbocycles. The molecule has 29 heavy (non-hydrogen) atoms. The highest BCUT2D eigenvalue weighted by molar-refractivity contribution is 6.08. The molecule has 0 aliphatic carbocycles. The Morgan fingerprint density at radius 3 is 2.62 bits per heavy atom. The molecule has 0 amide bonds. The summed E-state index contributed by atoms with van der Waals surface area (Å²) in [6.45, 7) is 6.09. The number of unbranched alkanes of at least 4 members (excludes halogenated alkanes) is 1. The van der Waals surface area contributed by atoms with Crippen molar-refractivity contribution < 1.29 is 4.74 Å². The number of para-hydroxylation sites is 1. The van der Waals surface area contributed by atoms with Crippen LogP contribution in [-0.2, 0) is 6.54 Å². The van der Waals surface area contributed by atoms with Crippen LogP contribution in [-0.4, -0.2) is 42.3 Å². The molecule has 1 aromatic heterocycles. The number of hydrogen-bond donors (Lipinski definition) is 1. The van der Waals surface area contributed by atoms with Crippen molar-refractivity contribution in [2.24, 2.45) is 11.7 Å². The number of piperidine rings is 3. The fourth-order valence-electron chi connectivity index (χ4n) is 5.10. The van der Waals surface area contributed by atoms with E-state index in [9.17, 15) is 0 Å². The van der Waals surface area contributed by atoms with Gasteiger partial charge in [-0.25, -0.2) is 0 Å². The first-order chi connectivity index (χ1) is 14.3. The number of rotatable bonds is 7. The lowest BCUT2D eigenvalue weighted by Gasteiger charge is -2.41. The van der Waals surface area contributed by atoms with E-state index in [0.717, 1.165) is 44.1 Å². The quantitative estimate of drug-likeness (QED) is 0.476. The van der Waals surface area contributed by atoms with Crippen molar-refractivity contribution in [3.05, 3.63) is 54.1 Å². The summed E-state index contributed by atoms with van der Waals surface area (Å²) >= 11 is 0. The van der Waals surface area contributed by atoms with Gasteiger partial charge in [0, 0.05) is 35.4 Å². The van der Waals surface area contributed by atoms with Gasteiger partial charge in [-0.2, -0.15) is 0 Å². The fraction of sp³-hybridized carbons (Fsp3) is 0.440. The van der Waals surface area contributed by atoms with Crippen LogP contribution < -0.4 is 10.5 Å². The molecular weight excluding hydrogens is 358 g/mol. The minimum absolute atomic E-state index is 0.665. The molecule has 3 aromatic rings. The molecule has 4 heteroatoms.